The van der Waals surface area contributed by atoms with Gasteiger partial charge in [0.25, 0.3) is 0 Å². The average Bonchev–Trinajstić information content (AvgIpc) is 3.71. The lowest BCUT2D eigenvalue weighted by Crippen LogP contribution is -2.38. The molecule has 6 aromatic rings. The zero-order valence-corrected chi connectivity index (χ0v) is 24.7. The summed E-state index contributed by atoms with van der Waals surface area (Å²) in [5.74, 6) is 1.95. The number of benzene rings is 1. The highest BCUT2D eigenvalue weighted by atomic mass is 15.5. The largest absolute Gasteiger partial charge is 0.383 e. The third-order valence-electron chi connectivity index (χ3n) is 7.96. The second-order valence-corrected chi connectivity index (χ2v) is 10.9. The molecule has 5 aromatic heterocycles. The summed E-state index contributed by atoms with van der Waals surface area (Å²) in [5.41, 5.74) is 12.1. The Balaban J connectivity index is 1.13. The quantitative estimate of drug-likeness (QED) is 0.260. The minimum atomic E-state index is 0.179. The number of aromatic nitrogens is 9. The summed E-state index contributed by atoms with van der Waals surface area (Å²) in [6, 6.07) is 20.3. The summed E-state index contributed by atoms with van der Waals surface area (Å²) in [6.07, 6.45) is 6.99. The van der Waals surface area contributed by atoms with Gasteiger partial charge in [-0.05, 0) is 67.8 Å². The van der Waals surface area contributed by atoms with Crippen LogP contribution in [0.4, 0.5) is 11.6 Å². The molecule has 45 heavy (non-hydrogen) atoms. The average molecular weight is 598 g/mol. The van der Waals surface area contributed by atoms with E-state index in [0.29, 0.717) is 47.1 Å². The molecule has 1 fully saturated rings. The molecule has 1 aliphatic heterocycles. The van der Waals surface area contributed by atoms with E-state index in [0.717, 1.165) is 49.2 Å². The first-order valence-electron chi connectivity index (χ1n) is 14.9. The molecule has 13 heteroatoms. The number of pyridine rings is 2. The van der Waals surface area contributed by atoms with Crippen LogP contribution >= 0.6 is 0 Å². The number of aryl methyl sites for hydroxylation is 1. The van der Waals surface area contributed by atoms with Crippen molar-refractivity contribution < 1.29 is 0 Å². The molecule has 0 amide bonds. The molecule has 0 spiro atoms. The first-order valence-corrected chi connectivity index (χ1v) is 14.9. The van der Waals surface area contributed by atoms with Crippen molar-refractivity contribution in [1.29, 1.82) is 5.26 Å². The Kier molecular flexibility index (Phi) is 7.54. The summed E-state index contributed by atoms with van der Waals surface area (Å²) < 4.78 is 2.03. The van der Waals surface area contributed by atoms with Crippen molar-refractivity contribution in [2.45, 2.75) is 38.9 Å². The normalized spacial score (nSPS) is 14.0. The van der Waals surface area contributed by atoms with Crippen LogP contribution in [0.5, 0.6) is 0 Å². The number of nitriles is 1. The number of nitrogen functional groups attached to an aromatic ring is 1. The molecule has 0 saturated carbocycles. The number of nitrogens with zero attached hydrogens (tertiary/aromatic N) is 11. The summed E-state index contributed by atoms with van der Waals surface area (Å²) in [4.78, 5) is 26.5. The van der Waals surface area contributed by atoms with E-state index in [2.05, 4.69) is 59.6 Å². The molecule has 0 aliphatic carbocycles. The molecule has 13 nitrogen and oxygen atoms in total. The lowest BCUT2D eigenvalue weighted by atomic mass is 10.0. The van der Waals surface area contributed by atoms with Crippen molar-refractivity contribution in [1.82, 2.24) is 49.4 Å². The predicted molar refractivity (Wildman–Crippen MR) is 170 cm³/mol. The molecule has 0 radical (unpaired) electrons. The Morgan fingerprint density at radius 2 is 1.80 bits per heavy atom. The first kappa shape index (κ1) is 28.1. The Morgan fingerprint density at radius 3 is 2.56 bits per heavy atom. The van der Waals surface area contributed by atoms with Crippen molar-refractivity contribution in [2.75, 3.05) is 24.1 Å². The molecule has 1 aliphatic rings. The number of nitrogens with one attached hydrogen (secondary N) is 1. The number of likely N-dealkylation sites (tertiary alicyclic amines) is 1. The summed E-state index contributed by atoms with van der Waals surface area (Å²) in [7, 11) is 0. The number of fused-ring (bicyclic) bond motifs is 1. The van der Waals surface area contributed by atoms with Crippen LogP contribution in [0.3, 0.4) is 0 Å². The number of rotatable bonds is 8. The highest BCUT2D eigenvalue weighted by Gasteiger charge is 2.21. The van der Waals surface area contributed by atoms with Gasteiger partial charge in [0.05, 0.1) is 24.0 Å². The van der Waals surface area contributed by atoms with E-state index in [4.69, 9.17) is 21.0 Å². The van der Waals surface area contributed by atoms with E-state index in [1.165, 1.54) is 5.56 Å². The third-order valence-corrected chi connectivity index (χ3v) is 7.96. The van der Waals surface area contributed by atoms with Crippen LogP contribution in [0.25, 0.3) is 39.6 Å². The Morgan fingerprint density at radius 1 is 0.956 bits per heavy atom. The maximum Gasteiger partial charge on any atom is 0.234 e. The first-order chi connectivity index (χ1) is 22.1. The maximum atomic E-state index is 9.07. The molecule has 6 heterocycles. The van der Waals surface area contributed by atoms with Crippen LogP contribution in [0.15, 0.2) is 73.2 Å². The predicted octanol–water partition coefficient (Wildman–Crippen LogP) is 4.08. The van der Waals surface area contributed by atoms with Crippen LogP contribution in [-0.2, 0) is 13.1 Å². The standard InChI is InChI=1S/C32H31N13/c1-2-44-37-19-27(42-44)25-9-10-26-32(39-25)45(31(40-26)24-4-3-14-36-30(24)34)23-7-5-21(6-8-23)20-43-16-12-22(13-17-43)38-28-11-15-35-29(18-33)41-28/h3-11,14-15,19,22H,2,12-13,16-17,20H2,1H3,(H2,34,36)(H,35,38,41). The van der Waals surface area contributed by atoms with Gasteiger partial charge >= 0.3 is 0 Å². The van der Waals surface area contributed by atoms with Crippen molar-refractivity contribution in [3.05, 3.63) is 84.6 Å². The van der Waals surface area contributed by atoms with Crippen LogP contribution in [0, 0.1) is 11.3 Å². The van der Waals surface area contributed by atoms with E-state index in [9.17, 15) is 0 Å². The Bertz CT molecular complexity index is 2000. The summed E-state index contributed by atoms with van der Waals surface area (Å²) in [5, 5.41) is 21.4. The molecule has 0 unspecified atom stereocenters. The molecule has 1 aromatic carbocycles. The topological polar surface area (TPSA) is 165 Å². The third kappa shape index (κ3) is 5.78. The number of anilines is 2. The summed E-state index contributed by atoms with van der Waals surface area (Å²) in [6.45, 7) is 5.45. The number of hydrogen-bond acceptors (Lipinski definition) is 11. The molecule has 0 bridgehead atoms. The Hall–Kier alpha value is -5.74. The van der Waals surface area contributed by atoms with Crippen LogP contribution < -0.4 is 11.1 Å². The van der Waals surface area contributed by atoms with Crippen LogP contribution in [0.1, 0.15) is 31.2 Å². The van der Waals surface area contributed by atoms with Gasteiger partial charge in [0, 0.05) is 43.8 Å². The van der Waals surface area contributed by atoms with Gasteiger partial charge in [-0.2, -0.15) is 20.3 Å². The molecular formula is C32H31N13. The van der Waals surface area contributed by atoms with E-state index in [1.54, 1.807) is 29.5 Å². The lowest BCUT2D eigenvalue weighted by Gasteiger charge is -2.32. The fourth-order valence-electron chi connectivity index (χ4n) is 5.64. The van der Waals surface area contributed by atoms with Gasteiger partial charge in [0.2, 0.25) is 5.82 Å². The van der Waals surface area contributed by atoms with Crippen molar-refractivity contribution in [3.63, 3.8) is 0 Å². The van der Waals surface area contributed by atoms with E-state index < -0.39 is 0 Å². The van der Waals surface area contributed by atoms with Crippen molar-refractivity contribution in [3.8, 4) is 34.5 Å². The fourth-order valence-corrected chi connectivity index (χ4v) is 5.64. The summed E-state index contributed by atoms with van der Waals surface area (Å²) >= 11 is 0. The molecule has 3 N–H and O–H groups in total. The van der Waals surface area contributed by atoms with Gasteiger partial charge in [-0.15, -0.1) is 0 Å². The highest BCUT2D eigenvalue weighted by Crippen LogP contribution is 2.31. The molecular weight excluding hydrogens is 566 g/mol. The van der Waals surface area contributed by atoms with Gasteiger partial charge in [0.15, 0.2) is 11.5 Å². The van der Waals surface area contributed by atoms with Crippen molar-refractivity contribution >= 4 is 22.8 Å². The van der Waals surface area contributed by atoms with Gasteiger partial charge in [-0.1, -0.05) is 12.1 Å². The number of hydrogen-bond donors (Lipinski definition) is 2. The molecule has 0 atom stereocenters. The number of piperidine rings is 1. The van der Waals surface area contributed by atoms with Gasteiger partial charge in [-0.25, -0.2) is 24.9 Å². The number of nitrogens with two attached hydrogens (primary N) is 1. The zero-order chi connectivity index (χ0) is 30.8. The smallest absolute Gasteiger partial charge is 0.234 e. The van der Waals surface area contributed by atoms with Crippen molar-refractivity contribution in [2.24, 2.45) is 0 Å². The SMILES string of the molecule is CCn1ncc(-c2ccc3nc(-c4cccnc4N)n(-c4ccc(CN5CCC(Nc6ccnc(C#N)n6)CC5)cc4)c3n2)n1. The molecule has 224 valence electrons. The van der Waals surface area contributed by atoms with Crippen LogP contribution in [0.2, 0.25) is 0 Å². The minimum absolute atomic E-state index is 0.179. The zero-order valence-electron chi connectivity index (χ0n) is 24.7. The highest BCUT2D eigenvalue weighted by molar-refractivity contribution is 5.84. The van der Waals surface area contributed by atoms with Gasteiger partial charge in [0.1, 0.15) is 28.9 Å². The van der Waals surface area contributed by atoms with Gasteiger partial charge < -0.3 is 11.1 Å². The van der Waals surface area contributed by atoms with Crippen LogP contribution in [-0.4, -0.2) is 68.5 Å². The lowest BCUT2D eigenvalue weighted by molar-refractivity contribution is 0.211. The minimum Gasteiger partial charge on any atom is -0.383 e. The van der Waals surface area contributed by atoms with Gasteiger partial charge in [-0.3, -0.25) is 9.47 Å². The maximum absolute atomic E-state index is 9.07. The molecule has 1 saturated heterocycles. The number of imidazole rings is 1. The molecule has 7 rings (SSSR count). The Labute approximate surface area is 259 Å². The van der Waals surface area contributed by atoms with E-state index >= 15 is 0 Å². The fraction of sp³-hybridized carbons (Fsp3) is 0.250. The van der Waals surface area contributed by atoms with E-state index in [1.807, 2.05) is 41.8 Å². The second-order valence-electron chi connectivity index (χ2n) is 10.9. The second kappa shape index (κ2) is 12.1. The monoisotopic (exact) mass is 597 g/mol. The van der Waals surface area contributed by atoms with E-state index in [-0.39, 0.29) is 5.82 Å².